The molecule has 0 heterocycles. The van der Waals surface area contributed by atoms with Crippen molar-refractivity contribution in [1.82, 2.24) is 0 Å². The maximum Gasteiger partial charge on any atom is 0.271 e. The zero-order chi connectivity index (χ0) is 22.1. The number of carbonyl (C=O) groups excluding carboxylic acids is 1. The third-order valence-electron chi connectivity index (χ3n) is 4.78. The molecule has 1 atom stereocenters. The van der Waals surface area contributed by atoms with Crippen LogP contribution in [0.3, 0.4) is 0 Å². The third kappa shape index (κ3) is 4.25. The Hall–Kier alpha value is -3.46. The van der Waals surface area contributed by atoms with Crippen molar-refractivity contribution in [3.63, 3.8) is 0 Å². The lowest BCUT2D eigenvalue weighted by molar-refractivity contribution is -0.384. The first kappa shape index (κ1) is 21.3. The molecule has 0 aliphatic carbocycles. The van der Waals surface area contributed by atoms with Gasteiger partial charge in [-0.2, -0.15) is 0 Å². The molecular formula is C21H21N3O5S. The van der Waals surface area contributed by atoms with Gasteiger partial charge in [0.2, 0.25) is 15.9 Å². The van der Waals surface area contributed by atoms with Crippen LogP contribution < -0.4 is 9.62 Å². The highest BCUT2D eigenvalue weighted by molar-refractivity contribution is 7.92. The quantitative estimate of drug-likeness (QED) is 0.475. The minimum atomic E-state index is -3.91. The second-order valence-electron chi connectivity index (χ2n) is 6.98. The molecule has 0 bridgehead atoms. The number of hydrogen-bond donors (Lipinski definition) is 1. The van der Waals surface area contributed by atoms with Crippen molar-refractivity contribution < 1.29 is 18.1 Å². The van der Waals surface area contributed by atoms with Crippen molar-refractivity contribution >= 4 is 43.8 Å². The molecule has 30 heavy (non-hydrogen) atoms. The van der Waals surface area contributed by atoms with Gasteiger partial charge in [0, 0.05) is 23.2 Å². The van der Waals surface area contributed by atoms with E-state index in [1.165, 1.54) is 19.1 Å². The van der Waals surface area contributed by atoms with Gasteiger partial charge in [-0.3, -0.25) is 19.2 Å². The van der Waals surface area contributed by atoms with Crippen molar-refractivity contribution in [2.75, 3.05) is 15.9 Å². The monoisotopic (exact) mass is 427 g/mol. The number of fused-ring (bicyclic) bond motifs is 1. The molecule has 3 rings (SSSR count). The maximum absolute atomic E-state index is 13.0. The number of amides is 1. The predicted molar refractivity (Wildman–Crippen MR) is 117 cm³/mol. The van der Waals surface area contributed by atoms with Gasteiger partial charge in [0.15, 0.2) is 0 Å². The summed E-state index contributed by atoms with van der Waals surface area (Å²) in [7, 11) is -3.91. The van der Waals surface area contributed by atoms with E-state index >= 15 is 0 Å². The van der Waals surface area contributed by atoms with Crippen LogP contribution in [0, 0.1) is 17.0 Å². The molecule has 0 radical (unpaired) electrons. The lowest BCUT2D eigenvalue weighted by atomic mass is 10.1. The summed E-state index contributed by atoms with van der Waals surface area (Å²) < 4.78 is 26.0. The molecular weight excluding hydrogens is 406 g/mol. The van der Waals surface area contributed by atoms with Crippen LogP contribution in [0.2, 0.25) is 0 Å². The summed E-state index contributed by atoms with van der Waals surface area (Å²) in [6.07, 6.45) is 0.965. The molecule has 0 aliphatic heterocycles. The summed E-state index contributed by atoms with van der Waals surface area (Å²) >= 11 is 0. The first-order chi connectivity index (χ1) is 14.1. The number of aryl methyl sites for hydroxylation is 1. The standard InChI is InChI=1S/C21H21N3O5S/c1-14-11-12-17(24(26)27)13-20(14)23(30(3,28)29)15(2)21(25)22-19-10-6-8-16-7-4-5-9-18(16)19/h4-13,15H,1-3H3,(H,22,25)/t15-/m0/s1. The molecule has 1 N–H and O–H groups in total. The SMILES string of the molecule is Cc1ccc([N+](=O)[O-])cc1N([C@@H](C)C(=O)Nc1cccc2ccccc12)S(C)(=O)=O. The van der Waals surface area contributed by atoms with Crippen molar-refractivity contribution in [1.29, 1.82) is 0 Å². The lowest BCUT2D eigenvalue weighted by Gasteiger charge is -2.29. The smallest absolute Gasteiger partial charge is 0.271 e. The first-order valence-corrected chi connectivity index (χ1v) is 11.0. The Balaban J connectivity index is 2.00. The highest BCUT2D eigenvalue weighted by Gasteiger charge is 2.31. The number of nitrogens with zero attached hydrogens (tertiary/aromatic N) is 2. The molecule has 0 saturated carbocycles. The fourth-order valence-corrected chi connectivity index (χ4v) is 4.53. The van der Waals surface area contributed by atoms with Gasteiger partial charge in [0.25, 0.3) is 5.69 Å². The molecule has 0 aliphatic rings. The van der Waals surface area contributed by atoms with Crippen LogP contribution in [0.4, 0.5) is 17.1 Å². The average molecular weight is 427 g/mol. The molecule has 156 valence electrons. The van der Waals surface area contributed by atoms with Gasteiger partial charge >= 0.3 is 0 Å². The van der Waals surface area contributed by atoms with Crippen LogP contribution in [0.25, 0.3) is 10.8 Å². The number of non-ortho nitro benzene ring substituents is 1. The van der Waals surface area contributed by atoms with Crippen molar-refractivity contribution in [2.45, 2.75) is 19.9 Å². The second-order valence-corrected chi connectivity index (χ2v) is 8.84. The van der Waals surface area contributed by atoms with Crippen LogP contribution in [0.1, 0.15) is 12.5 Å². The number of anilines is 2. The van der Waals surface area contributed by atoms with Gasteiger partial charge in [0.1, 0.15) is 6.04 Å². The fourth-order valence-electron chi connectivity index (χ4n) is 3.30. The maximum atomic E-state index is 13.0. The number of hydrogen-bond acceptors (Lipinski definition) is 5. The molecule has 0 unspecified atom stereocenters. The molecule has 3 aromatic carbocycles. The Morgan fingerprint density at radius 1 is 1.10 bits per heavy atom. The number of nitrogens with one attached hydrogen (secondary N) is 1. The predicted octanol–water partition coefficient (Wildman–Crippen LogP) is 3.85. The molecule has 0 spiro atoms. The van der Waals surface area contributed by atoms with Gasteiger partial charge in [-0.25, -0.2) is 8.42 Å². The molecule has 3 aromatic rings. The number of benzene rings is 3. The Labute approximate surface area is 174 Å². The molecule has 9 heteroatoms. The highest BCUT2D eigenvalue weighted by atomic mass is 32.2. The topological polar surface area (TPSA) is 110 Å². The van der Waals surface area contributed by atoms with E-state index in [1.54, 1.807) is 19.1 Å². The highest BCUT2D eigenvalue weighted by Crippen LogP contribution is 2.30. The average Bonchev–Trinajstić information content (AvgIpc) is 2.68. The summed E-state index contributed by atoms with van der Waals surface area (Å²) in [5, 5.41) is 15.7. The molecule has 0 fully saturated rings. The van der Waals surface area contributed by atoms with Crippen molar-refractivity contribution in [3.05, 3.63) is 76.3 Å². The Morgan fingerprint density at radius 3 is 2.43 bits per heavy atom. The van der Waals surface area contributed by atoms with E-state index < -0.39 is 26.9 Å². The minimum Gasteiger partial charge on any atom is -0.324 e. The lowest BCUT2D eigenvalue weighted by Crippen LogP contribution is -2.45. The van der Waals surface area contributed by atoms with E-state index in [0.29, 0.717) is 11.3 Å². The molecule has 0 saturated heterocycles. The van der Waals surface area contributed by atoms with Crippen molar-refractivity contribution in [3.8, 4) is 0 Å². The van der Waals surface area contributed by atoms with E-state index in [-0.39, 0.29) is 11.4 Å². The van der Waals surface area contributed by atoms with Gasteiger partial charge in [-0.15, -0.1) is 0 Å². The number of sulfonamides is 1. The number of nitro groups is 1. The Bertz CT molecular complexity index is 1240. The normalized spacial score (nSPS) is 12.4. The summed E-state index contributed by atoms with van der Waals surface area (Å²) in [5.74, 6) is -0.553. The van der Waals surface area contributed by atoms with Crippen LogP contribution in [0.15, 0.2) is 60.7 Å². The van der Waals surface area contributed by atoms with Gasteiger partial charge in [0.05, 0.1) is 16.9 Å². The number of rotatable bonds is 6. The summed E-state index contributed by atoms with van der Waals surface area (Å²) in [4.78, 5) is 23.6. The van der Waals surface area contributed by atoms with E-state index in [4.69, 9.17) is 0 Å². The summed E-state index contributed by atoms with van der Waals surface area (Å²) in [6.45, 7) is 3.08. The van der Waals surface area contributed by atoms with Crippen LogP contribution in [-0.2, 0) is 14.8 Å². The van der Waals surface area contributed by atoms with Crippen LogP contribution in [-0.4, -0.2) is 31.5 Å². The fraction of sp³-hybridized carbons (Fsp3) is 0.190. The molecule has 0 aromatic heterocycles. The Morgan fingerprint density at radius 2 is 1.77 bits per heavy atom. The van der Waals surface area contributed by atoms with Crippen molar-refractivity contribution in [2.24, 2.45) is 0 Å². The summed E-state index contributed by atoms with van der Waals surface area (Å²) in [6, 6.07) is 15.7. The third-order valence-corrected chi connectivity index (χ3v) is 6.00. The zero-order valence-electron chi connectivity index (χ0n) is 16.7. The van der Waals surface area contributed by atoms with Gasteiger partial charge in [-0.05, 0) is 30.9 Å². The number of nitro benzene ring substituents is 1. The number of carbonyl (C=O) groups is 1. The first-order valence-electron chi connectivity index (χ1n) is 9.12. The molecule has 8 nitrogen and oxygen atoms in total. The van der Waals surface area contributed by atoms with Gasteiger partial charge in [-0.1, -0.05) is 42.5 Å². The van der Waals surface area contributed by atoms with E-state index in [2.05, 4.69) is 5.32 Å². The largest absolute Gasteiger partial charge is 0.324 e. The molecule has 1 amide bonds. The van der Waals surface area contributed by atoms with Gasteiger partial charge < -0.3 is 5.32 Å². The van der Waals surface area contributed by atoms with Crippen LogP contribution in [0.5, 0.6) is 0 Å². The van der Waals surface area contributed by atoms with E-state index in [0.717, 1.165) is 27.4 Å². The Kier molecular flexibility index (Phi) is 5.75. The van der Waals surface area contributed by atoms with E-state index in [9.17, 15) is 23.3 Å². The second kappa shape index (κ2) is 8.11. The van der Waals surface area contributed by atoms with E-state index in [1.807, 2.05) is 30.3 Å². The summed E-state index contributed by atoms with van der Waals surface area (Å²) in [5.41, 5.74) is 0.878. The minimum absolute atomic E-state index is 0.0901. The zero-order valence-corrected chi connectivity index (χ0v) is 17.5. The van der Waals surface area contributed by atoms with Crippen LogP contribution >= 0.6 is 0 Å².